The minimum atomic E-state index is 0.581. The lowest BCUT2D eigenvalue weighted by molar-refractivity contribution is 0.335. The molecule has 1 aliphatic carbocycles. The van der Waals surface area contributed by atoms with Gasteiger partial charge in [0.1, 0.15) is 0 Å². The van der Waals surface area contributed by atoms with Crippen LogP contribution in [0.25, 0.3) is 0 Å². The van der Waals surface area contributed by atoms with Crippen LogP contribution in [0.1, 0.15) is 11.1 Å². The van der Waals surface area contributed by atoms with Gasteiger partial charge in [-0.05, 0) is 29.9 Å². The van der Waals surface area contributed by atoms with Gasteiger partial charge in [-0.15, -0.1) is 0 Å². The van der Waals surface area contributed by atoms with E-state index in [1.54, 1.807) is 0 Å². The Kier molecular flexibility index (Phi) is 1.30. The molecule has 1 heteroatoms. The van der Waals surface area contributed by atoms with Crippen LogP contribution in [0.2, 0.25) is 0 Å². The molecule has 1 nitrogen and oxygen atoms in total. The predicted octanol–water partition coefficient (Wildman–Crippen LogP) is 1.80. The van der Waals surface area contributed by atoms with Crippen molar-refractivity contribution < 1.29 is 4.74 Å². The van der Waals surface area contributed by atoms with Gasteiger partial charge in [0, 0.05) is 0 Å². The highest BCUT2D eigenvalue weighted by Crippen LogP contribution is 2.34. The van der Waals surface area contributed by atoms with E-state index in [2.05, 4.69) is 24.3 Å². The lowest BCUT2D eigenvalue weighted by Gasteiger charge is -2.01. The maximum Gasteiger partial charge on any atom is 0.0844 e. The summed E-state index contributed by atoms with van der Waals surface area (Å²) < 4.78 is 5.32. The normalized spacial score (nSPS) is 27.2. The molecule has 0 N–H and O–H groups in total. The highest BCUT2D eigenvalue weighted by atomic mass is 16.6. The second kappa shape index (κ2) is 2.33. The molecule has 1 heterocycles. The van der Waals surface area contributed by atoms with Gasteiger partial charge in [-0.25, -0.2) is 0 Å². The fourth-order valence-corrected chi connectivity index (χ4v) is 2.18. The molecule has 1 atom stereocenters. The fraction of sp³-hybridized carbons (Fsp3) is 0.455. The predicted molar refractivity (Wildman–Crippen MR) is 47.1 cm³/mol. The van der Waals surface area contributed by atoms with Crippen LogP contribution >= 0.6 is 0 Å². The van der Waals surface area contributed by atoms with Gasteiger partial charge >= 0.3 is 0 Å². The summed E-state index contributed by atoms with van der Waals surface area (Å²) in [5, 5.41) is 0. The lowest BCUT2D eigenvalue weighted by atomic mass is 10.0. The Balaban J connectivity index is 1.89. The van der Waals surface area contributed by atoms with Crippen molar-refractivity contribution in [3.63, 3.8) is 0 Å². The van der Waals surface area contributed by atoms with Crippen LogP contribution in [-0.4, -0.2) is 12.7 Å². The third-order valence-electron chi connectivity index (χ3n) is 2.97. The van der Waals surface area contributed by atoms with Gasteiger partial charge < -0.3 is 4.74 Å². The molecule has 0 bridgehead atoms. The standard InChI is InChI=1S/C11H12O/c1-2-4-9-6-10(11-7-12-11)5-8(9)3-1/h1-4,10-11H,5-7H2. The van der Waals surface area contributed by atoms with E-state index in [1.807, 2.05) is 0 Å². The molecular formula is C11H12O. The minimum Gasteiger partial charge on any atom is -0.373 e. The molecule has 1 saturated heterocycles. The summed E-state index contributed by atoms with van der Waals surface area (Å²) in [7, 11) is 0. The first-order chi connectivity index (χ1) is 5.93. The summed E-state index contributed by atoms with van der Waals surface area (Å²) in [5.74, 6) is 0.780. The lowest BCUT2D eigenvalue weighted by Crippen LogP contribution is -2.07. The molecule has 0 spiro atoms. The van der Waals surface area contributed by atoms with Crippen molar-refractivity contribution in [1.29, 1.82) is 0 Å². The first kappa shape index (κ1) is 6.67. The Hall–Kier alpha value is -0.820. The van der Waals surface area contributed by atoms with Gasteiger partial charge in [0.2, 0.25) is 0 Å². The molecule has 1 fully saturated rings. The van der Waals surface area contributed by atoms with Crippen LogP contribution < -0.4 is 0 Å². The fourth-order valence-electron chi connectivity index (χ4n) is 2.18. The van der Waals surface area contributed by atoms with Gasteiger partial charge in [-0.1, -0.05) is 24.3 Å². The monoisotopic (exact) mass is 160 g/mol. The SMILES string of the molecule is c1ccc2c(c1)CC(C1CO1)C2. The van der Waals surface area contributed by atoms with E-state index >= 15 is 0 Å². The number of hydrogen-bond acceptors (Lipinski definition) is 1. The van der Waals surface area contributed by atoms with Crippen molar-refractivity contribution in [2.75, 3.05) is 6.61 Å². The summed E-state index contributed by atoms with van der Waals surface area (Å²) in [4.78, 5) is 0. The smallest absolute Gasteiger partial charge is 0.0844 e. The molecule has 1 aliphatic heterocycles. The van der Waals surface area contributed by atoms with E-state index in [-0.39, 0.29) is 0 Å². The van der Waals surface area contributed by atoms with Crippen LogP contribution in [0.4, 0.5) is 0 Å². The van der Waals surface area contributed by atoms with Gasteiger partial charge in [-0.3, -0.25) is 0 Å². The Morgan fingerprint density at radius 1 is 1.08 bits per heavy atom. The Morgan fingerprint density at radius 3 is 2.17 bits per heavy atom. The summed E-state index contributed by atoms with van der Waals surface area (Å²) in [6.45, 7) is 0.999. The number of epoxide rings is 1. The number of hydrogen-bond donors (Lipinski definition) is 0. The van der Waals surface area contributed by atoms with Crippen LogP contribution in [0, 0.1) is 5.92 Å². The number of fused-ring (bicyclic) bond motifs is 1. The van der Waals surface area contributed by atoms with Crippen molar-refractivity contribution in [2.24, 2.45) is 5.92 Å². The zero-order chi connectivity index (χ0) is 7.97. The van der Waals surface area contributed by atoms with Crippen molar-refractivity contribution in [2.45, 2.75) is 18.9 Å². The van der Waals surface area contributed by atoms with E-state index in [9.17, 15) is 0 Å². The van der Waals surface area contributed by atoms with Crippen LogP contribution in [0.3, 0.4) is 0 Å². The van der Waals surface area contributed by atoms with Crippen LogP contribution in [-0.2, 0) is 17.6 Å². The van der Waals surface area contributed by atoms with E-state index in [0.717, 1.165) is 12.5 Å². The quantitative estimate of drug-likeness (QED) is 0.571. The van der Waals surface area contributed by atoms with E-state index < -0.39 is 0 Å². The van der Waals surface area contributed by atoms with E-state index in [4.69, 9.17) is 4.74 Å². The molecule has 0 amide bonds. The zero-order valence-electron chi connectivity index (χ0n) is 6.99. The van der Waals surface area contributed by atoms with Gasteiger partial charge in [-0.2, -0.15) is 0 Å². The summed E-state index contributed by atoms with van der Waals surface area (Å²) in [5.41, 5.74) is 3.08. The molecule has 2 aliphatic rings. The Morgan fingerprint density at radius 2 is 1.67 bits per heavy atom. The summed E-state index contributed by atoms with van der Waals surface area (Å²) in [6.07, 6.45) is 3.05. The van der Waals surface area contributed by atoms with Gasteiger partial charge in [0.25, 0.3) is 0 Å². The highest BCUT2D eigenvalue weighted by molar-refractivity contribution is 5.32. The first-order valence-corrected chi connectivity index (χ1v) is 4.62. The Bertz CT molecular complexity index is 277. The average molecular weight is 160 g/mol. The largest absolute Gasteiger partial charge is 0.373 e. The van der Waals surface area contributed by atoms with Crippen molar-refractivity contribution >= 4 is 0 Å². The maximum absolute atomic E-state index is 5.32. The van der Waals surface area contributed by atoms with Crippen molar-refractivity contribution in [3.8, 4) is 0 Å². The van der Waals surface area contributed by atoms with Crippen molar-refractivity contribution in [1.82, 2.24) is 0 Å². The molecule has 1 unspecified atom stereocenters. The Labute approximate surface area is 72.4 Å². The molecule has 1 aromatic rings. The zero-order valence-corrected chi connectivity index (χ0v) is 6.99. The molecule has 3 rings (SSSR count). The molecule has 62 valence electrons. The number of benzene rings is 1. The van der Waals surface area contributed by atoms with Gasteiger partial charge in [0.05, 0.1) is 12.7 Å². The molecule has 12 heavy (non-hydrogen) atoms. The topological polar surface area (TPSA) is 12.5 Å². The summed E-state index contributed by atoms with van der Waals surface area (Å²) >= 11 is 0. The first-order valence-electron chi connectivity index (χ1n) is 4.62. The van der Waals surface area contributed by atoms with Gasteiger partial charge in [0.15, 0.2) is 0 Å². The average Bonchev–Trinajstić information content (AvgIpc) is 2.85. The van der Waals surface area contributed by atoms with Crippen LogP contribution in [0.15, 0.2) is 24.3 Å². The number of ether oxygens (including phenoxy) is 1. The molecule has 1 aromatic carbocycles. The molecule has 0 radical (unpaired) electrons. The molecular weight excluding hydrogens is 148 g/mol. The highest BCUT2D eigenvalue weighted by Gasteiger charge is 2.36. The second-order valence-electron chi connectivity index (χ2n) is 3.81. The minimum absolute atomic E-state index is 0.581. The second-order valence-corrected chi connectivity index (χ2v) is 3.81. The van der Waals surface area contributed by atoms with Crippen molar-refractivity contribution in [3.05, 3.63) is 35.4 Å². The number of rotatable bonds is 1. The molecule has 0 saturated carbocycles. The maximum atomic E-state index is 5.32. The third kappa shape index (κ3) is 0.969. The summed E-state index contributed by atoms with van der Waals surface area (Å²) in [6, 6.07) is 8.76. The van der Waals surface area contributed by atoms with Crippen LogP contribution in [0.5, 0.6) is 0 Å². The third-order valence-corrected chi connectivity index (χ3v) is 2.97. The van der Waals surface area contributed by atoms with E-state index in [1.165, 1.54) is 24.0 Å². The van der Waals surface area contributed by atoms with E-state index in [0.29, 0.717) is 6.10 Å². The molecule has 0 aromatic heterocycles.